The van der Waals surface area contributed by atoms with Crippen molar-refractivity contribution in [2.75, 3.05) is 0 Å². The van der Waals surface area contributed by atoms with Gasteiger partial charge in [-0.2, -0.15) is 0 Å². The van der Waals surface area contributed by atoms with Crippen molar-refractivity contribution in [3.8, 4) is 0 Å². The summed E-state index contributed by atoms with van der Waals surface area (Å²) < 4.78 is 0. The molecule has 2 nitrogen and oxygen atoms in total. The molecule has 0 bridgehead atoms. The van der Waals surface area contributed by atoms with Crippen LogP contribution in [0, 0.1) is 6.20 Å². The Balaban J connectivity index is 2.72. The number of hydrogen-bond acceptors (Lipinski definition) is 2. The van der Waals surface area contributed by atoms with Gasteiger partial charge in [-0.05, 0) is 6.07 Å². The summed E-state index contributed by atoms with van der Waals surface area (Å²) in [7, 11) is 0. The maximum absolute atomic E-state index is 3.95. The molecule has 1 heterocycles. The van der Waals surface area contributed by atoms with E-state index in [1.807, 2.05) is 0 Å². The molecule has 2 heteroatoms. The van der Waals surface area contributed by atoms with E-state index in [1.165, 1.54) is 0 Å². The van der Waals surface area contributed by atoms with Crippen LogP contribution in [0.3, 0.4) is 0 Å². The summed E-state index contributed by atoms with van der Waals surface area (Å²) in [5, 5.41) is 0. The van der Waals surface area contributed by atoms with E-state index in [1.54, 1.807) is 18.3 Å². The van der Waals surface area contributed by atoms with E-state index < -0.39 is 0 Å². The highest BCUT2D eigenvalue weighted by Crippen LogP contribution is 1.87. The molecule has 1 aromatic heterocycles. The molecular weight excluding hydrogens is 112 g/mol. The van der Waals surface area contributed by atoms with Gasteiger partial charge in [0, 0.05) is 12.6 Å². The van der Waals surface area contributed by atoms with Crippen molar-refractivity contribution >= 4 is 0 Å². The van der Waals surface area contributed by atoms with Gasteiger partial charge in [-0.15, -0.1) is 6.58 Å². The molecule has 0 unspecified atom stereocenters. The minimum Gasteiger partial charge on any atom is -0.241 e. The molecule has 1 aromatic rings. The zero-order chi connectivity index (χ0) is 6.53. The number of aromatic nitrogens is 2. The van der Waals surface area contributed by atoms with Gasteiger partial charge in [0.1, 0.15) is 5.82 Å². The molecule has 0 atom stereocenters. The van der Waals surface area contributed by atoms with Gasteiger partial charge in [-0.1, -0.05) is 6.08 Å². The Bertz CT molecular complexity index is 181. The summed E-state index contributed by atoms with van der Waals surface area (Å²) in [5.41, 5.74) is 0. The third-order valence-corrected chi connectivity index (χ3v) is 0.893. The van der Waals surface area contributed by atoms with E-state index in [2.05, 4.69) is 22.7 Å². The molecular formula is C7H7N2. The third-order valence-electron chi connectivity index (χ3n) is 0.893. The summed E-state index contributed by atoms with van der Waals surface area (Å²) in [5.74, 6) is 0.771. The molecule has 1 rings (SSSR count). The van der Waals surface area contributed by atoms with Gasteiger partial charge < -0.3 is 0 Å². The molecule has 0 aromatic carbocycles. The Morgan fingerprint density at radius 2 is 2.67 bits per heavy atom. The second-order valence-electron chi connectivity index (χ2n) is 1.59. The molecule has 0 fully saturated rings. The van der Waals surface area contributed by atoms with Gasteiger partial charge in [-0.3, -0.25) is 0 Å². The fraction of sp³-hybridized carbons (Fsp3) is 0.143. The van der Waals surface area contributed by atoms with E-state index in [-0.39, 0.29) is 0 Å². The van der Waals surface area contributed by atoms with Crippen molar-refractivity contribution in [1.29, 1.82) is 0 Å². The quantitative estimate of drug-likeness (QED) is 0.543. The smallest absolute Gasteiger partial charge is 0.132 e. The average molecular weight is 119 g/mol. The van der Waals surface area contributed by atoms with Crippen molar-refractivity contribution in [3.63, 3.8) is 0 Å². The highest BCUT2D eigenvalue weighted by Gasteiger charge is 1.86. The zero-order valence-electron chi connectivity index (χ0n) is 5.04. The van der Waals surface area contributed by atoms with Crippen LogP contribution in [0.2, 0.25) is 0 Å². The number of nitrogens with zero attached hydrogens (tertiary/aromatic N) is 2. The summed E-state index contributed by atoms with van der Waals surface area (Å²) in [6.07, 6.45) is 6.84. The van der Waals surface area contributed by atoms with E-state index in [9.17, 15) is 0 Å². The van der Waals surface area contributed by atoms with Crippen molar-refractivity contribution < 1.29 is 0 Å². The van der Waals surface area contributed by atoms with Gasteiger partial charge in [0.25, 0.3) is 0 Å². The minimum atomic E-state index is 0.720. The van der Waals surface area contributed by atoms with Crippen molar-refractivity contribution in [1.82, 2.24) is 9.97 Å². The maximum atomic E-state index is 3.95. The predicted octanol–water partition coefficient (Wildman–Crippen LogP) is 1.01. The molecule has 0 saturated carbocycles. The fourth-order valence-electron chi connectivity index (χ4n) is 0.525. The first-order valence-corrected chi connectivity index (χ1v) is 2.72. The van der Waals surface area contributed by atoms with E-state index in [0.29, 0.717) is 0 Å². The van der Waals surface area contributed by atoms with Gasteiger partial charge >= 0.3 is 0 Å². The first-order valence-electron chi connectivity index (χ1n) is 2.72. The van der Waals surface area contributed by atoms with Crippen molar-refractivity contribution in [2.45, 2.75) is 6.42 Å². The van der Waals surface area contributed by atoms with E-state index >= 15 is 0 Å². The minimum absolute atomic E-state index is 0.720. The average Bonchev–Trinajstić information content (AvgIpc) is 1.91. The van der Waals surface area contributed by atoms with Crippen LogP contribution in [0.15, 0.2) is 24.9 Å². The lowest BCUT2D eigenvalue weighted by Gasteiger charge is -1.88. The SMILES string of the molecule is C=CCc1n[c]ccn1. The first-order chi connectivity index (χ1) is 4.43. The highest BCUT2D eigenvalue weighted by molar-refractivity contribution is 4.92. The normalized spacial score (nSPS) is 8.89. The molecule has 45 valence electrons. The molecule has 0 N–H and O–H groups in total. The maximum Gasteiger partial charge on any atom is 0.132 e. The van der Waals surface area contributed by atoms with Gasteiger partial charge in [-0.25, -0.2) is 9.97 Å². The first kappa shape index (κ1) is 5.95. The molecule has 1 radical (unpaired) electrons. The van der Waals surface area contributed by atoms with E-state index in [0.717, 1.165) is 12.2 Å². The highest BCUT2D eigenvalue weighted by atomic mass is 14.8. The summed E-state index contributed by atoms with van der Waals surface area (Å²) in [6, 6.07) is 1.67. The molecule has 0 saturated heterocycles. The second-order valence-corrected chi connectivity index (χ2v) is 1.59. The lowest BCUT2D eigenvalue weighted by atomic mass is 10.4. The summed E-state index contributed by atoms with van der Waals surface area (Å²) in [4.78, 5) is 7.82. The van der Waals surface area contributed by atoms with Crippen LogP contribution in [-0.4, -0.2) is 9.97 Å². The third kappa shape index (κ3) is 1.64. The second kappa shape index (κ2) is 2.97. The van der Waals surface area contributed by atoms with Crippen LogP contribution in [0.5, 0.6) is 0 Å². The van der Waals surface area contributed by atoms with Crippen LogP contribution in [0.1, 0.15) is 5.82 Å². The van der Waals surface area contributed by atoms with Crippen LogP contribution in [0.25, 0.3) is 0 Å². The predicted molar refractivity (Wildman–Crippen MR) is 34.8 cm³/mol. The monoisotopic (exact) mass is 119 g/mol. The molecule has 0 aliphatic carbocycles. The number of allylic oxidation sites excluding steroid dienone is 1. The largest absolute Gasteiger partial charge is 0.241 e. The Morgan fingerprint density at radius 1 is 1.78 bits per heavy atom. The van der Waals surface area contributed by atoms with Crippen LogP contribution < -0.4 is 0 Å². The topological polar surface area (TPSA) is 25.8 Å². The van der Waals surface area contributed by atoms with Gasteiger partial charge in [0.2, 0.25) is 0 Å². The Hall–Kier alpha value is -1.18. The molecule has 9 heavy (non-hydrogen) atoms. The number of rotatable bonds is 2. The zero-order valence-corrected chi connectivity index (χ0v) is 5.04. The van der Waals surface area contributed by atoms with Crippen LogP contribution in [-0.2, 0) is 6.42 Å². The summed E-state index contributed by atoms with van der Waals surface area (Å²) in [6.45, 7) is 3.56. The lowest BCUT2D eigenvalue weighted by Crippen LogP contribution is -1.89. The van der Waals surface area contributed by atoms with E-state index in [4.69, 9.17) is 0 Å². The number of hydrogen-bond donors (Lipinski definition) is 0. The van der Waals surface area contributed by atoms with Crippen molar-refractivity contribution in [3.05, 3.63) is 36.9 Å². The fourth-order valence-corrected chi connectivity index (χ4v) is 0.525. The molecule has 0 amide bonds. The van der Waals surface area contributed by atoms with Gasteiger partial charge in [0.05, 0.1) is 6.20 Å². The van der Waals surface area contributed by atoms with Crippen LogP contribution >= 0.6 is 0 Å². The Labute approximate surface area is 54.3 Å². The Morgan fingerprint density at radius 3 is 3.22 bits per heavy atom. The standard InChI is InChI=1S/C7H7N2/c1-2-4-7-8-5-3-6-9-7/h2-3,5H,1,4H2. The van der Waals surface area contributed by atoms with Gasteiger partial charge in [0.15, 0.2) is 0 Å². The Kier molecular flexibility index (Phi) is 1.96. The van der Waals surface area contributed by atoms with Crippen LogP contribution in [0.4, 0.5) is 0 Å². The molecule has 0 aliphatic rings. The summed E-state index contributed by atoms with van der Waals surface area (Å²) >= 11 is 0. The lowest BCUT2D eigenvalue weighted by molar-refractivity contribution is 0.985. The molecule has 0 spiro atoms. The van der Waals surface area contributed by atoms with Crippen molar-refractivity contribution in [2.24, 2.45) is 0 Å². The molecule has 0 aliphatic heterocycles.